The molecule has 1 aliphatic heterocycles. The van der Waals surface area contributed by atoms with Crippen molar-refractivity contribution in [3.8, 4) is 0 Å². The number of hydrogen-bond acceptors (Lipinski definition) is 4. The first-order chi connectivity index (χ1) is 10.1. The highest BCUT2D eigenvalue weighted by molar-refractivity contribution is 6.08. The number of nitrogens with two attached hydrogens (primary N) is 1. The van der Waals surface area contributed by atoms with Gasteiger partial charge in [-0.25, -0.2) is 0 Å². The highest BCUT2D eigenvalue weighted by Crippen LogP contribution is 2.22. The number of nitrogens with zero attached hydrogens (tertiary/aromatic N) is 1. The minimum absolute atomic E-state index is 0.0186. The van der Waals surface area contributed by atoms with Gasteiger partial charge < -0.3 is 10.2 Å². The van der Waals surface area contributed by atoms with E-state index in [0.717, 1.165) is 30.4 Å². The molecule has 0 radical (unpaired) electrons. The van der Waals surface area contributed by atoms with Gasteiger partial charge >= 0.3 is 0 Å². The average molecular weight is 286 g/mol. The van der Waals surface area contributed by atoms with E-state index < -0.39 is 0 Å². The predicted octanol–water partition coefficient (Wildman–Crippen LogP) is 1.81. The fourth-order valence-corrected chi connectivity index (χ4v) is 2.91. The second kappa shape index (κ2) is 5.69. The third-order valence-electron chi connectivity index (χ3n) is 4.06. The van der Waals surface area contributed by atoms with Gasteiger partial charge in [0.1, 0.15) is 11.8 Å². The highest BCUT2D eigenvalue weighted by atomic mass is 16.3. The Kier molecular flexibility index (Phi) is 3.75. The van der Waals surface area contributed by atoms with Gasteiger partial charge in [0.15, 0.2) is 5.78 Å². The summed E-state index contributed by atoms with van der Waals surface area (Å²) in [5.41, 5.74) is 6.68. The van der Waals surface area contributed by atoms with Crippen LogP contribution in [0.3, 0.4) is 0 Å². The van der Waals surface area contributed by atoms with Crippen molar-refractivity contribution in [2.45, 2.75) is 12.8 Å². The van der Waals surface area contributed by atoms with E-state index in [1.807, 2.05) is 29.2 Å². The maximum Gasteiger partial charge on any atom is 0.221 e. The molecule has 0 saturated carbocycles. The summed E-state index contributed by atoms with van der Waals surface area (Å²) in [5, 5.41) is 0.839. The summed E-state index contributed by atoms with van der Waals surface area (Å²) in [6, 6.07) is 7.49. The van der Waals surface area contributed by atoms with Gasteiger partial charge in [-0.1, -0.05) is 18.2 Å². The molecule has 0 aliphatic carbocycles. The molecule has 1 fully saturated rings. The van der Waals surface area contributed by atoms with Crippen LogP contribution < -0.4 is 5.73 Å². The number of para-hydroxylation sites is 1. The maximum absolute atomic E-state index is 12.4. The van der Waals surface area contributed by atoms with Gasteiger partial charge in [0.25, 0.3) is 0 Å². The average Bonchev–Trinajstić information content (AvgIpc) is 2.91. The van der Waals surface area contributed by atoms with Gasteiger partial charge in [0, 0.05) is 11.9 Å². The molecule has 3 rings (SSSR count). The summed E-state index contributed by atoms with van der Waals surface area (Å²) in [7, 11) is 0. The molecule has 110 valence electrons. The number of carbonyl (C=O) groups excluding carboxylic acids is 2. The van der Waals surface area contributed by atoms with Crippen LogP contribution in [0, 0.1) is 5.92 Å². The lowest BCUT2D eigenvalue weighted by Gasteiger charge is -2.30. The minimum Gasteiger partial charge on any atom is -0.464 e. The smallest absolute Gasteiger partial charge is 0.221 e. The number of carbonyl (C=O) groups is 2. The Labute approximate surface area is 122 Å². The van der Waals surface area contributed by atoms with Gasteiger partial charge in [0.2, 0.25) is 5.91 Å². The Morgan fingerprint density at radius 2 is 2.14 bits per heavy atom. The summed E-state index contributed by atoms with van der Waals surface area (Å²) in [5.74, 6) is -0.404. The summed E-state index contributed by atoms with van der Waals surface area (Å²) < 4.78 is 5.41. The standard InChI is InChI=1S/C16H18N2O3/c17-16(20)11-4-3-7-18(8-11)9-14(19)13-10-21-15-6-2-1-5-12(13)15/h1-2,5-6,10-11H,3-4,7-9H2,(H2,17,20). The number of primary amides is 1. The van der Waals surface area contributed by atoms with Gasteiger partial charge in [-0.05, 0) is 25.5 Å². The van der Waals surface area contributed by atoms with E-state index >= 15 is 0 Å². The van der Waals surface area contributed by atoms with Crippen LogP contribution in [0.15, 0.2) is 34.9 Å². The first-order valence-electron chi connectivity index (χ1n) is 7.16. The Hall–Kier alpha value is -2.14. The highest BCUT2D eigenvalue weighted by Gasteiger charge is 2.26. The maximum atomic E-state index is 12.4. The fraction of sp³-hybridized carbons (Fsp3) is 0.375. The van der Waals surface area contributed by atoms with Crippen LogP contribution in [0.2, 0.25) is 0 Å². The van der Waals surface area contributed by atoms with Gasteiger partial charge in [-0.2, -0.15) is 0 Å². The summed E-state index contributed by atoms with van der Waals surface area (Å²) >= 11 is 0. The van der Waals surface area contributed by atoms with Crippen molar-refractivity contribution in [2.24, 2.45) is 11.7 Å². The minimum atomic E-state index is -0.277. The zero-order chi connectivity index (χ0) is 14.8. The molecule has 1 aliphatic rings. The topological polar surface area (TPSA) is 76.5 Å². The number of rotatable bonds is 4. The normalized spacial score (nSPS) is 19.7. The van der Waals surface area contributed by atoms with Crippen LogP contribution in [0.5, 0.6) is 0 Å². The summed E-state index contributed by atoms with van der Waals surface area (Å²) in [6.07, 6.45) is 3.23. The van der Waals surface area contributed by atoms with Crippen molar-refractivity contribution in [3.63, 3.8) is 0 Å². The molecule has 1 aromatic carbocycles. The lowest BCUT2D eigenvalue weighted by atomic mass is 9.97. The molecule has 1 atom stereocenters. The predicted molar refractivity (Wildman–Crippen MR) is 78.9 cm³/mol. The number of Topliss-reactive ketones (excluding diaryl/α,β-unsaturated/α-hetero) is 1. The van der Waals surface area contributed by atoms with Crippen LogP contribution >= 0.6 is 0 Å². The van der Waals surface area contributed by atoms with Crippen LogP contribution in [0.25, 0.3) is 11.0 Å². The molecular weight excluding hydrogens is 268 g/mol. The number of furan rings is 1. The molecule has 1 amide bonds. The van der Waals surface area contributed by atoms with E-state index in [1.165, 1.54) is 6.26 Å². The first kappa shape index (κ1) is 13.8. The molecule has 5 nitrogen and oxygen atoms in total. The number of hydrogen-bond donors (Lipinski definition) is 1. The van der Waals surface area contributed by atoms with Crippen molar-refractivity contribution in [2.75, 3.05) is 19.6 Å². The molecule has 21 heavy (non-hydrogen) atoms. The molecule has 2 heterocycles. The van der Waals surface area contributed by atoms with E-state index in [4.69, 9.17) is 10.2 Å². The van der Waals surface area contributed by atoms with Crippen molar-refractivity contribution in [3.05, 3.63) is 36.1 Å². The van der Waals surface area contributed by atoms with Crippen molar-refractivity contribution in [1.82, 2.24) is 4.90 Å². The van der Waals surface area contributed by atoms with E-state index in [2.05, 4.69) is 0 Å². The van der Waals surface area contributed by atoms with Gasteiger partial charge in [0.05, 0.1) is 18.0 Å². The van der Waals surface area contributed by atoms with Crippen molar-refractivity contribution < 1.29 is 14.0 Å². The van der Waals surface area contributed by atoms with Gasteiger partial charge in [-0.3, -0.25) is 14.5 Å². The molecule has 1 saturated heterocycles. The Bertz CT molecular complexity index is 677. The van der Waals surface area contributed by atoms with Crippen LogP contribution in [0.4, 0.5) is 0 Å². The van der Waals surface area contributed by atoms with E-state index in [1.54, 1.807) is 0 Å². The van der Waals surface area contributed by atoms with Crippen molar-refractivity contribution >= 4 is 22.7 Å². The second-order valence-electron chi connectivity index (χ2n) is 5.55. The fourth-order valence-electron chi connectivity index (χ4n) is 2.91. The quantitative estimate of drug-likeness (QED) is 0.870. The number of amides is 1. The zero-order valence-corrected chi connectivity index (χ0v) is 11.7. The van der Waals surface area contributed by atoms with Crippen molar-refractivity contribution in [1.29, 1.82) is 0 Å². The third kappa shape index (κ3) is 2.83. The number of fused-ring (bicyclic) bond motifs is 1. The Morgan fingerprint density at radius 3 is 2.95 bits per heavy atom. The number of likely N-dealkylation sites (tertiary alicyclic amines) is 1. The summed E-state index contributed by atoms with van der Waals surface area (Å²) in [4.78, 5) is 25.7. The molecule has 0 bridgehead atoms. The van der Waals surface area contributed by atoms with E-state index in [-0.39, 0.29) is 17.6 Å². The zero-order valence-electron chi connectivity index (χ0n) is 11.7. The molecular formula is C16H18N2O3. The number of ketones is 1. The molecule has 2 N–H and O–H groups in total. The number of piperidine rings is 1. The lowest BCUT2D eigenvalue weighted by Crippen LogP contribution is -2.43. The largest absolute Gasteiger partial charge is 0.464 e. The van der Waals surface area contributed by atoms with Crippen LogP contribution in [0.1, 0.15) is 23.2 Å². The third-order valence-corrected chi connectivity index (χ3v) is 4.06. The first-order valence-corrected chi connectivity index (χ1v) is 7.16. The molecule has 2 aromatic rings. The lowest BCUT2D eigenvalue weighted by molar-refractivity contribution is -0.123. The van der Waals surface area contributed by atoms with E-state index in [0.29, 0.717) is 18.7 Å². The Balaban J connectivity index is 1.73. The van der Waals surface area contributed by atoms with Crippen LogP contribution in [-0.4, -0.2) is 36.2 Å². The Morgan fingerprint density at radius 1 is 1.33 bits per heavy atom. The second-order valence-corrected chi connectivity index (χ2v) is 5.55. The molecule has 1 unspecified atom stereocenters. The SMILES string of the molecule is NC(=O)C1CCCN(CC(=O)c2coc3ccccc23)C1. The molecule has 0 spiro atoms. The summed E-state index contributed by atoms with van der Waals surface area (Å²) in [6.45, 7) is 1.69. The van der Waals surface area contributed by atoms with Crippen LogP contribution in [-0.2, 0) is 4.79 Å². The monoisotopic (exact) mass is 286 g/mol. The molecule has 1 aromatic heterocycles. The van der Waals surface area contributed by atoms with E-state index in [9.17, 15) is 9.59 Å². The molecule has 5 heteroatoms. The van der Waals surface area contributed by atoms with Gasteiger partial charge in [-0.15, -0.1) is 0 Å². The number of benzene rings is 1.